The lowest BCUT2D eigenvalue weighted by Crippen LogP contribution is -2.01. The van der Waals surface area contributed by atoms with Gasteiger partial charge in [-0.25, -0.2) is 0 Å². The maximum absolute atomic E-state index is 6.18. The van der Waals surface area contributed by atoms with Gasteiger partial charge < -0.3 is 5.32 Å². The van der Waals surface area contributed by atoms with Crippen LogP contribution in [0.1, 0.15) is 19.0 Å². The van der Waals surface area contributed by atoms with E-state index in [9.17, 15) is 0 Å². The fourth-order valence-corrected chi connectivity index (χ4v) is 2.13. The third kappa shape index (κ3) is 2.48. The van der Waals surface area contributed by atoms with E-state index in [2.05, 4.69) is 17.2 Å². The van der Waals surface area contributed by atoms with E-state index in [1.54, 1.807) is 6.07 Å². The summed E-state index contributed by atoms with van der Waals surface area (Å²) in [6, 6.07) is 5.79. The number of benzene rings is 1. The zero-order chi connectivity index (χ0) is 12.4. The summed E-state index contributed by atoms with van der Waals surface area (Å²) in [5, 5.41) is 5.46. The Kier molecular flexibility index (Phi) is 3.75. The Morgan fingerprint density at radius 3 is 2.76 bits per heavy atom. The number of aryl methyl sites for hydroxylation is 1. The number of pyridine rings is 1. The zero-order valence-electron chi connectivity index (χ0n) is 9.85. The molecule has 1 N–H and O–H groups in total. The molecule has 90 valence electrons. The van der Waals surface area contributed by atoms with Crippen molar-refractivity contribution < 1.29 is 0 Å². The van der Waals surface area contributed by atoms with Gasteiger partial charge in [0.1, 0.15) is 0 Å². The highest BCUT2D eigenvalue weighted by Crippen LogP contribution is 2.33. The molecule has 0 bridgehead atoms. The molecule has 0 saturated carbocycles. The summed E-state index contributed by atoms with van der Waals surface area (Å²) >= 11 is 12.2. The predicted molar refractivity (Wildman–Crippen MR) is 75.3 cm³/mol. The predicted octanol–water partition coefficient (Wildman–Crippen LogP) is 4.67. The van der Waals surface area contributed by atoms with Crippen LogP contribution in [0.15, 0.2) is 18.2 Å². The van der Waals surface area contributed by atoms with E-state index in [0.29, 0.717) is 10.0 Å². The first-order valence-corrected chi connectivity index (χ1v) is 6.38. The second-order valence-electron chi connectivity index (χ2n) is 4.00. The Morgan fingerprint density at radius 1 is 1.29 bits per heavy atom. The Hall–Kier alpha value is -0.990. The first kappa shape index (κ1) is 12.5. The number of hydrogen-bond donors (Lipinski definition) is 1. The zero-order valence-corrected chi connectivity index (χ0v) is 11.4. The Bertz CT molecular complexity index is 553. The van der Waals surface area contributed by atoms with Gasteiger partial charge in [-0.05, 0) is 31.5 Å². The first-order chi connectivity index (χ1) is 8.13. The summed E-state index contributed by atoms with van der Waals surface area (Å²) in [4.78, 5) is 4.45. The van der Waals surface area contributed by atoms with E-state index in [0.717, 1.165) is 35.2 Å². The van der Waals surface area contributed by atoms with Crippen molar-refractivity contribution in [1.29, 1.82) is 0 Å². The number of hydrogen-bond acceptors (Lipinski definition) is 2. The van der Waals surface area contributed by atoms with E-state index in [1.807, 2.05) is 19.1 Å². The van der Waals surface area contributed by atoms with E-state index >= 15 is 0 Å². The fourth-order valence-electron chi connectivity index (χ4n) is 1.77. The van der Waals surface area contributed by atoms with Gasteiger partial charge in [0.15, 0.2) is 0 Å². The molecule has 0 spiro atoms. The molecule has 0 radical (unpaired) electrons. The summed E-state index contributed by atoms with van der Waals surface area (Å²) in [6.45, 7) is 5.01. The van der Waals surface area contributed by atoms with Crippen molar-refractivity contribution in [3.63, 3.8) is 0 Å². The smallest absolute Gasteiger partial charge is 0.0927 e. The van der Waals surface area contributed by atoms with Crippen molar-refractivity contribution in [2.24, 2.45) is 0 Å². The number of anilines is 1. The largest absolute Gasteiger partial charge is 0.384 e. The fraction of sp³-hybridized carbons (Fsp3) is 0.308. The molecule has 0 aliphatic rings. The van der Waals surface area contributed by atoms with Gasteiger partial charge in [-0.15, -0.1) is 0 Å². The highest BCUT2D eigenvalue weighted by molar-refractivity contribution is 6.45. The summed E-state index contributed by atoms with van der Waals surface area (Å²) in [6.07, 6.45) is 1.07. The molecular weight excluding hydrogens is 255 g/mol. The van der Waals surface area contributed by atoms with Gasteiger partial charge in [-0.2, -0.15) is 0 Å². The molecule has 2 aromatic rings. The Labute approximate surface area is 111 Å². The van der Waals surface area contributed by atoms with Crippen LogP contribution >= 0.6 is 23.2 Å². The number of halogens is 2. The lowest BCUT2D eigenvalue weighted by molar-refractivity contribution is 0.980. The number of nitrogens with one attached hydrogen (secondary N) is 1. The molecule has 0 amide bonds. The van der Waals surface area contributed by atoms with Crippen LogP contribution in [0.5, 0.6) is 0 Å². The van der Waals surface area contributed by atoms with Crippen LogP contribution in [0.2, 0.25) is 10.0 Å². The summed E-state index contributed by atoms with van der Waals surface area (Å²) in [5.41, 5.74) is 2.76. The molecule has 2 nitrogen and oxygen atoms in total. The van der Waals surface area contributed by atoms with E-state index in [-0.39, 0.29) is 0 Å². The van der Waals surface area contributed by atoms with Crippen LogP contribution < -0.4 is 5.32 Å². The van der Waals surface area contributed by atoms with Gasteiger partial charge >= 0.3 is 0 Å². The van der Waals surface area contributed by atoms with Crippen LogP contribution in [-0.2, 0) is 0 Å². The third-order valence-electron chi connectivity index (χ3n) is 2.57. The first-order valence-electron chi connectivity index (χ1n) is 5.62. The van der Waals surface area contributed by atoms with E-state index in [1.165, 1.54) is 0 Å². The van der Waals surface area contributed by atoms with Crippen molar-refractivity contribution in [3.8, 4) is 0 Å². The van der Waals surface area contributed by atoms with Crippen molar-refractivity contribution in [3.05, 3.63) is 33.9 Å². The van der Waals surface area contributed by atoms with Crippen LogP contribution in [0.4, 0.5) is 5.69 Å². The van der Waals surface area contributed by atoms with E-state index in [4.69, 9.17) is 23.2 Å². The van der Waals surface area contributed by atoms with Gasteiger partial charge in [0, 0.05) is 23.3 Å². The average Bonchev–Trinajstić information content (AvgIpc) is 2.31. The van der Waals surface area contributed by atoms with Crippen molar-refractivity contribution in [1.82, 2.24) is 4.98 Å². The molecule has 2 rings (SSSR count). The van der Waals surface area contributed by atoms with Crippen LogP contribution in [0, 0.1) is 6.92 Å². The second-order valence-corrected chi connectivity index (χ2v) is 4.78. The second kappa shape index (κ2) is 5.11. The average molecular weight is 269 g/mol. The third-order valence-corrected chi connectivity index (χ3v) is 3.36. The summed E-state index contributed by atoms with van der Waals surface area (Å²) in [5.74, 6) is 0. The Balaban J connectivity index is 2.64. The molecule has 1 aromatic carbocycles. The number of rotatable bonds is 3. The highest BCUT2D eigenvalue weighted by Gasteiger charge is 2.09. The molecule has 1 heterocycles. The number of aromatic nitrogens is 1. The van der Waals surface area contributed by atoms with E-state index < -0.39 is 0 Å². The minimum absolute atomic E-state index is 0.521. The van der Waals surface area contributed by atoms with Gasteiger partial charge in [0.2, 0.25) is 0 Å². The molecule has 17 heavy (non-hydrogen) atoms. The van der Waals surface area contributed by atoms with Crippen LogP contribution in [0.25, 0.3) is 10.9 Å². The molecule has 0 aliphatic heterocycles. The molecule has 1 aromatic heterocycles. The molecule has 0 aliphatic carbocycles. The SMILES string of the molecule is CCCNc1cc(C)nc2c(Cl)c(Cl)ccc12. The number of nitrogens with zero attached hydrogens (tertiary/aromatic N) is 1. The summed E-state index contributed by atoms with van der Waals surface area (Å²) < 4.78 is 0. The summed E-state index contributed by atoms with van der Waals surface area (Å²) in [7, 11) is 0. The van der Waals surface area contributed by atoms with Gasteiger partial charge in [0.25, 0.3) is 0 Å². The minimum Gasteiger partial charge on any atom is -0.384 e. The van der Waals surface area contributed by atoms with Crippen LogP contribution in [0.3, 0.4) is 0 Å². The van der Waals surface area contributed by atoms with Crippen molar-refractivity contribution in [2.45, 2.75) is 20.3 Å². The topological polar surface area (TPSA) is 24.9 Å². The lowest BCUT2D eigenvalue weighted by Gasteiger charge is -2.11. The normalized spacial score (nSPS) is 10.8. The van der Waals surface area contributed by atoms with Crippen LogP contribution in [-0.4, -0.2) is 11.5 Å². The number of fused-ring (bicyclic) bond motifs is 1. The molecule has 4 heteroatoms. The van der Waals surface area contributed by atoms with Gasteiger partial charge in [-0.1, -0.05) is 30.1 Å². The molecule has 0 saturated heterocycles. The monoisotopic (exact) mass is 268 g/mol. The Morgan fingerprint density at radius 2 is 2.06 bits per heavy atom. The minimum atomic E-state index is 0.521. The van der Waals surface area contributed by atoms with Crippen molar-refractivity contribution >= 4 is 39.8 Å². The molecular formula is C13H14Cl2N2. The lowest BCUT2D eigenvalue weighted by atomic mass is 10.1. The quantitative estimate of drug-likeness (QED) is 0.875. The standard InChI is InChI=1S/C13H14Cl2N2/c1-3-6-16-11-7-8(2)17-13-9(11)4-5-10(14)12(13)15/h4-5,7H,3,6H2,1-2H3,(H,16,17). The molecule has 0 unspecified atom stereocenters. The highest BCUT2D eigenvalue weighted by atomic mass is 35.5. The van der Waals surface area contributed by atoms with Gasteiger partial charge in [-0.3, -0.25) is 4.98 Å². The maximum atomic E-state index is 6.18. The molecule has 0 atom stereocenters. The maximum Gasteiger partial charge on any atom is 0.0927 e. The molecule has 0 fully saturated rings. The van der Waals surface area contributed by atoms with Crippen molar-refractivity contribution in [2.75, 3.05) is 11.9 Å². The van der Waals surface area contributed by atoms with Gasteiger partial charge in [0.05, 0.1) is 15.6 Å².